The Morgan fingerprint density at radius 3 is 2.35 bits per heavy atom. The molecule has 31 heavy (non-hydrogen) atoms. The highest BCUT2D eigenvalue weighted by Crippen LogP contribution is 2.25. The zero-order valence-corrected chi connectivity index (χ0v) is 17.2. The van der Waals surface area contributed by atoms with Crippen LogP contribution in [0.4, 0.5) is 4.79 Å². The van der Waals surface area contributed by atoms with E-state index in [0.29, 0.717) is 12.0 Å². The van der Waals surface area contributed by atoms with Gasteiger partial charge in [-0.05, 0) is 54.9 Å². The van der Waals surface area contributed by atoms with E-state index in [-0.39, 0.29) is 13.1 Å². The fourth-order valence-electron chi connectivity index (χ4n) is 4.08. The maximum atomic E-state index is 12.7. The van der Waals surface area contributed by atoms with Gasteiger partial charge in [-0.25, -0.2) is 4.79 Å². The molecule has 0 spiro atoms. The highest BCUT2D eigenvalue weighted by Gasteiger charge is 2.44. The fraction of sp³-hybridized carbons (Fsp3) is 0.280. The number of nitriles is 1. The summed E-state index contributed by atoms with van der Waals surface area (Å²) in [6.07, 6.45) is 7.16. The molecule has 0 saturated carbocycles. The van der Waals surface area contributed by atoms with Crippen molar-refractivity contribution in [2.24, 2.45) is 0 Å². The summed E-state index contributed by atoms with van der Waals surface area (Å²) in [6.45, 7) is 0.290. The van der Waals surface area contributed by atoms with Crippen LogP contribution >= 0.6 is 0 Å². The summed E-state index contributed by atoms with van der Waals surface area (Å²) in [6, 6.07) is 16.3. The van der Waals surface area contributed by atoms with Gasteiger partial charge in [-0.2, -0.15) is 5.26 Å². The number of urea groups is 1. The molecule has 2 aromatic rings. The van der Waals surface area contributed by atoms with Gasteiger partial charge in [0.25, 0.3) is 0 Å². The molecule has 6 heteroatoms. The van der Waals surface area contributed by atoms with Crippen molar-refractivity contribution in [3.05, 3.63) is 71.3 Å². The fourth-order valence-corrected chi connectivity index (χ4v) is 4.08. The number of rotatable bonds is 6. The number of allylic oxidation sites excluding steroid dienone is 1. The van der Waals surface area contributed by atoms with Crippen LogP contribution in [0.15, 0.2) is 60.2 Å². The van der Waals surface area contributed by atoms with Gasteiger partial charge in [0.1, 0.15) is 0 Å². The average molecular weight is 413 g/mol. The van der Waals surface area contributed by atoms with Gasteiger partial charge in [-0.15, -0.1) is 0 Å². The van der Waals surface area contributed by atoms with Crippen LogP contribution in [0.2, 0.25) is 0 Å². The van der Waals surface area contributed by atoms with Crippen molar-refractivity contribution in [2.75, 3.05) is 6.54 Å². The Bertz CT molecular complexity index is 1100. The smallest absolute Gasteiger partial charge is 0.263 e. The van der Waals surface area contributed by atoms with Crippen LogP contribution < -0.4 is 0 Å². The second kappa shape index (κ2) is 8.97. The maximum absolute atomic E-state index is 12.7. The lowest BCUT2D eigenvalue weighted by atomic mass is 9.97. The first-order valence-electron chi connectivity index (χ1n) is 10.5. The molecule has 0 aromatic heterocycles. The van der Waals surface area contributed by atoms with Crippen molar-refractivity contribution in [1.82, 2.24) is 9.80 Å². The lowest BCUT2D eigenvalue weighted by molar-refractivity contribution is -0.143. The largest absolute Gasteiger partial charge is 0.334 e. The minimum absolute atomic E-state index is 0.0444. The number of amides is 4. The molecule has 4 rings (SSSR count). The minimum Gasteiger partial charge on any atom is -0.263 e. The van der Waals surface area contributed by atoms with Crippen LogP contribution in [-0.4, -0.2) is 34.2 Å². The molecule has 2 aliphatic rings. The molecule has 0 radical (unpaired) electrons. The number of carbonyl (C=O) groups excluding carboxylic acids is 3. The third-order valence-corrected chi connectivity index (χ3v) is 5.83. The zero-order valence-electron chi connectivity index (χ0n) is 17.2. The van der Waals surface area contributed by atoms with Crippen molar-refractivity contribution in [1.29, 1.82) is 5.26 Å². The molecule has 1 aliphatic carbocycles. The van der Waals surface area contributed by atoms with Crippen molar-refractivity contribution in [3.63, 3.8) is 0 Å². The Labute approximate surface area is 181 Å². The van der Waals surface area contributed by atoms with E-state index in [1.165, 1.54) is 12.0 Å². The molecule has 1 heterocycles. The number of nitrogens with zero attached hydrogens (tertiary/aromatic N) is 3. The SMILES string of the molecule is N#Cc1ccccc1-c1ccc(CN2C(=O)C(=O)N(CCC3=CCCCC3)C2=O)cc1. The van der Waals surface area contributed by atoms with Crippen molar-refractivity contribution in [3.8, 4) is 17.2 Å². The van der Waals surface area contributed by atoms with E-state index in [2.05, 4.69) is 12.1 Å². The van der Waals surface area contributed by atoms with Crippen LogP contribution in [0.25, 0.3) is 11.1 Å². The van der Waals surface area contributed by atoms with Gasteiger partial charge in [0.2, 0.25) is 0 Å². The van der Waals surface area contributed by atoms with E-state index in [4.69, 9.17) is 0 Å². The van der Waals surface area contributed by atoms with E-state index >= 15 is 0 Å². The first kappa shape index (κ1) is 20.5. The molecule has 1 aliphatic heterocycles. The zero-order chi connectivity index (χ0) is 21.8. The summed E-state index contributed by atoms with van der Waals surface area (Å²) in [4.78, 5) is 39.6. The Morgan fingerprint density at radius 2 is 1.65 bits per heavy atom. The van der Waals surface area contributed by atoms with Gasteiger partial charge in [0.15, 0.2) is 0 Å². The minimum atomic E-state index is -0.776. The Balaban J connectivity index is 1.44. The molecule has 0 bridgehead atoms. The van der Waals surface area contributed by atoms with E-state index < -0.39 is 17.8 Å². The van der Waals surface area contributed by atoms with Crippen LogP contribution in [0.5, 0.6) is 0 Å². The number of carbonyl (C=O) groups is 3. The summed E-state index contributed by atoms with van der Waals surface area (Å²) in [5.41, 5.74) is 4.27. The molecular formula is C25H23N3O3. The van der Waals surface area contributed by atoms with E-state index in [1.54, 1.807) is 6.07 Å². The highest BCUT2D eigenvalue weighted by molar-refractivity contribution is 6.44. The first-order chi connectivity index (χ1) is 15.1. The Hall–Kier alpha value is -3.72. The van der Waals surface area contributed by atoms with Crippen LogP contribution in [0, 0.1) is 11.3 Å². The van der Waals surface area contributed by atoms with Gasteiger partial charge in [-0.3, -0.25) is 19.4 Å². The second-order valence-corrected chi connectivity index (χ2v) is 7.84. The van der Waals surface area contributed by atoms with Crippen LogP contribution in [0.3, 0.4) is 0 Å². The van der Waals surface area contributed by atoms with Crippen molar-refractivity contribution in [2.45, 2.75) is 38.6 Å². The Morgan fingerprint density at radius 1 is 0.903 bits per heavy atom. The normalized spacial score (nSPS) is 16.5. The van der Waals surface area contributed by atoms with E-state index in [9.17, 15) is 19.6 Å². The lowest BCUT2D eigenvalue weighted by Gasteiger charge is -2.18. The summed E-state index contributed by atoms with van der Waals surface area (Å²) >= 11 is 0. The molecule has 0 N–H and O–H groups in total. The lowest BCUT2D eigenvalue weighted by Crippen LogP contribution is -2.34. The molecule has 0 atom stereocenters. The third kappa shape index (κ3) is 4.26. The van der Waals surface area contributed by atoms with Gasteiger partial charge in [-0.1, -0.05) is 54.1 Å². The van der Waals surface area contributed by atoms with Gasteiger partial charge >= 0.3 is 17.8 Å². The maximum Gasteiger partial charge on any atom is 0.334 e. The summed E-state index contributed by atoms with van der Waals surface area (Å²) in [5, 5.41) is 9.29. The highest BCUT2D eigenvalue weighted by atomic mass is 16.2. The monoisotopic (exact) mass is 413 g/mol. The number of benzene rings is 2. The first-order valence-corrected chi connectivity index (χ1v) is 10.5. The molecule has 156 valence electrons. The molecule has 1 saturated heterocycles. The Kier molecular flexibility index (Phi) is 5.94. The predicted molar refractivity (Wildman–Crippen MR) is 115 cm³/mol. The molecule has 1 fully saturated rings. The van der Waals surface area contributed by atoms with Crippen LogP contribution in [0.1, 0.15) is 43.2 Å². The average Bonchev–Trinajstić information content (AvgIpc) is 3.01. The van der Waals surface area contributed by atoms with Crippen molar-refractivity contribution >= 4 is 17.8 Å². The quantitative estimate of drug-likeness (QED) is 0.399. The predicted octanol–water partition coefficient (Wildman–Crippen LogP) is 4.41. The molecule has 6 nitrogen and oxygen atoms in total. The van der Waals surface area contributed by atoms with Gasteiger partial charge in [0, 0.05) is 6.54 Å². The van der Waals surface area contributed by atoms with Gasteiger partial charge < -0.3 is 0 Å². The van der Waals surface area contributed by atoms with Gasteiger partial charge in [0.05, 0.1) is 18.2 Å². The standard InChI is InChI=1S/C25H23N3O3/c26-16-21-8-4-5-9-22(21)20-12-10-19(11-13-20)17-28-24(30)23(29)27(25(28)31)15-14-18-6-2-1-3-7-18/h4-6,8-13H,1-3,7,14-15,17H2. The number of hydrogen-bond donors (Lipinski definition) is 0. The topological polar surface area (TPSA) is 81.5 Å². The molecule has 0 unspecified atom stereocenters. The van der Waals surface area contributed by atoms with E-state index in [0.717, 1.165) is 45.8 Å². The number of imide groups is 2. The second-order valence-electron chi connectivity index (χ2n) is 7.84. The summed E-state index contributed by atoms with van der Waals surface area (Å²) < 4.78 is 0. The number of hydrogen-bond acceptors (Lipinski definition) is 4. The molecular weight excluding hydrogens is 390 g/mol. The van der Waals surface area contributed by atoms with Crippen molar-refractivity contribution < 1.29 is 14.4 Å². The summed E-state index contributed by atoms with van der Waals surface area (Å²) in [7, 11) is 0. The molecule has 4 amide bonds. The van der Waals surface area contributed by atoms with Crippen LogP contribution in [-0.2, 0) is 16.1 Å². The molecule has 2 aromatic carbocycles. The summed E-state index contributed by atoms with van der Waals surface area (Å²) in [5.74, 6) is -1.53. The third-order valence-electron chi connectivity index (χ3n) is 5.83. The van der Waals surface area contributed by atoms with E-state index in [1.807, 2.05) is 42.5 Å².